The Bertz CT molecular complexity index is 350. The molecule has 2 nitrogen and oxygen atoms in total. The Balaban J connectivity index is 2.18. The lowest BCUT2D eigenvalue weighted by atomic mass is 10.0. The van der Waals surface area contributed by atoms with Crippen molar-refractivity contribution in [2.45, 2.75) is 38.3 Å². The van der Waals surface area contributed by atoms with Crippen LogP contribution in [0.4, 0.5) is 4.39 Å². The molecule has 0 aromatic heterocycles. The Labute approximate surface area is 103 Å². The van der Waals surface area contributed by atoms with Gasteiger partial charge in [0.25, 0.3) is 0 Å². The third kappa shape index (κ3) is 2.67. The highest BCUT2D eigenvalue weighted by molar-refractivity contribution is 5.21. The molecule has 0 bridgehead atoms. The Hall–Kier alpha value is -0.930. The first kappa shape index (κ1) is 12.5. The van der Waals surface area contributed by atoms with Crippen LogP contribution < -0.4 is 5.73 Å². The van der Waals surface area contributed by atoms with Gasteiger partial charge >= 0.3 is 0 Å². The van der Waals surface area contributed by atoms with Gasteiger partial charge in [-0.25, -0.2) is 4.39 Å². The van der Waals surface area contributed by atoms with Gasteiger partial charge in [0, 0.05) is 18.6 Å². The van der Waals surface area contributed by atoms with Crippen molar-refractivity contribution < 1.29 is 4.39 Å². The monoisotopic (exact) mass is 236 g/mol. The normalized spacial score (nSPS) is 22.9. The van der Waals surface area contributed by atoms with Gasteiger partial charge in [-0.1, -0.05) is 19.1 Å². The van der Waals surface area contributed by atoms with E-state index in [1.54, 1.807) is 0 Å². The van der Waals surface area contributed by atoms with E-state index in [9.17, 15) is 4.39 Å². The average molecular weight is 236 g/mol. The fourth-order valence-electron chi connectivity index (χ4n) is 2.85. The summed E-state index contributed by atoms with van der Waals surface area (Å²) in [6, 6.07) is 7.64. The average Bonchev–Trinajstić information content (AvgIpc) is 2.81. The summed E-state index contributed by atoms with van der Waals surface area (Å²) < 4.78 is 12.9. The largest absolute Gasteiger partial charge is 0.329 e. The van der Waals surface area contributed by atoms with Gasteiger partial charge in [-0.2, -0.15) is 0 Å². The van der Waals surface area contributed by atoms with Crippen molar-refractivity contribution >= 4 is 0 Å². The summed E-state index contributed by atoms with van der Waals surface area (Å²) in [4.78, 5) is 2.48. The summed E-state index contributed by atoms with van der Waals surface area (Å²) >= 11 is 0. The minimum absolute atomic E-state index is 0.182. The van der Waals surface area contributed by atoms with Crippen LogP contribution in [0.15, 0.2) is 24.3 Å². The first-order valence-electron chi connectivity index (χ1n) is 6.47. The Morgan fingerprint density at radius 3 is 2.71 bits per heavy atom. The summed E-state index contributed by atoms with van der Waals surface area (Å²) in [6.07, 6.45) is 3.67. The first-order chi connectivity index (χ1) is 8.26. The zero-order valence-corrected chi connectivity index (χ0v) is 10.4. The van der Waals surface area contributed by atoms with Gasteiger partial charge in [-0.05, 0) is 43.5 Å². The number of likely N-dealkylation sites (tertiary alicyclic amines) is 1. The standard InChI is InChI=1S/C14H21FN2/c1-2-13-4-3-9-17(13)14(10-16)11-5-7-12(15)8-6-11/h5-8,13-14H,2-4,9-10,16H2,1H3. The second kappa shape index (κ2) is 5.61. The van der Waals surface area contributed by atoms with Crippen LogP contribution in [0.5, 0.6) is 0 Å². The van der Waals surface area contributed by atoms with E-state index in [-0.39, 0.29) is 11.9 Å². The molecule has 17 heavy (non-hydrogen) atoms. The zero-order valence-electron chi connectivity index (χ0n) is 10.4. The molecule has 1 aromatic rings. The van der Waals surface area contributed by atoms with Gasteiger partial charge in [-0.15, -0.1) is 0 Å². The highest BCUT2D eigenvalue weighted by Crippen LogP contribution is 2.30. The maximum atomic E-state index is 12.9. The number of halogens is 1. The van der Waals surface area contributed by atoms with E-state index in [1.807, 2.05) is 12.1 Å². The minimum Gasteiger partial charge on any atom is -0.329 e. The molecule has 0 aliphatic carbocycles. The fraction of sp³-hybridized carbons (Fsp3) is 0.571. The number of hydrogen-bond acceptors (Lipinski definition) is 2. The number of benzene rings is 1. The lowest BCUT2D eigenvalue weighted by Gasteiger charge is -2.32. The van der Waals surface area contributed by atoms with E-state index in [0.717, 1.165) is 18.5 Å². The van der Waals surface area contributed by atoms with Crippen molar-refractivity contribution in [2.24, 2.45) is 5.73 Å². The lowest BCUT2D eigenvalue weighted by Crippen LogP contribution is -2.37. The summed E-state index contributed by atoms with van der Waals surface area (Å²) in [7, 11) is 0. The van der Waals surface area contributed by atoms with Crippen LogP contribution in [0.1, 0.15) is 37.8 Å². The predicted molar refractivity (Wildman–Crippen MR) is 68.2 cm³/mol. The molecular weight excluding hydrogens is 215 g/mol. The molecule has 0 radical (unpaired) electrons. The van der Waals surface area contributed by atoms with Crippen LogP contribution in [0.25, 0.3) is 0 Å². The van der Waals surface area contributed by atoms with E-state index < -0.39 is 0 Å². The van der Waals surface area contributed by atoms with Crippen molar-refractivity contribution in [3.05, 3.63) is 35.6 Å². The van der Waals surface area contributed by atoms with Crippen molar-refractivity contribution in [1.82, 2.24) is 4.90 Å². The summed E-state index contributed by atoms with van der Waals surface area (Å²) in [5, 5.41) is 0. The number of rotatable bonds is 4. The molecule has 2 atom stereocenters. The van der Waals surface area contributed by atoms with Gasteiger partial charge in [0.2, 0.25) is 0 Å². The molecule has 1 saturated heterocycles. The molecule has 0 spiro atoms. The molecule has 2 unspecified atom stereocenters. The van der Waals surface area contributed by atoms with Gasteiger partial charge in [0.05, 0.1) is 0 Å². The maximum absolute atomic E-state index is 12.9. The number of hydrogen-bond donors (Lipinski definition) is 1. The fourth-order valence-corrected chi connectivity index (χ4v) is 2.85. The van der Waals surface area contributed by atoms with Gasteiger partial charge in [0.1, 0.15) is 5.82 Å². The van der Waals surface area contributed by atoms with E-state index in [2.05, 4.69) is 11.8 Å². The van der Waals surface area contributed by atoms with Gasteiger partial charge in [0.15, 0.2) is 0 Å². The van der Waals surface area contributed by atoms with Crippen molar-refractivity contribution in [3.8, 4) is 0 Å². The number of nitrogens with two attached hydrogens (primary N) is 1. The maximum Gasteiger partial charge on any atom is 0.123 e. The minimum atomic E-state index is -0.182. The van der Waals surface area contributed by atoms with Crippen LogP contribution in [0, 0.1) is 5.82 Å². The molecule has 1 fully saturated rings. The Kier molecular flexibility index (Phi) is 4.13. The van der Waals surface area contributed by atoms with E-state index in [4.69, 9.17) is 5.73 Å². The molecule has 94 valence electrons. The molecule has 2 N–H and O–H groups in total. The van der Waals surface area contributed by atoms with Crippen molar-refractivity contribution in [2.75, 3.05) is 13.1 Å². The molecule has 0 saturated carbocycles. The molecule has 1 aliphatic rings. The SMILES string of the molecule is CCC1CCCN1C(CN)c1ccc(F)cc1. The summed E-state index contributed by atoms with van der Waals surface area (Å²) in [5.74, 6) is -0.182. The molecule has 3 heteroatoms. The smallest absolute Gasteiger partial charge is 0.123 e. The van der Waals surface area contributed by atoms with Crippen LogP contribution >= 0.6 is 0 Å². The van der Waals surface area contributed by atoms with E-state index >= 15 is 0 Å². The summed E-state index contributed by atoms with van der Waals surface area (Å²) in [6.45, 7) is 3.93. The second-order valence-corrected chi connectivity index (χ2v) is 4.75. The van der Waals surface area contributed by atoms with E-state index in [0.29, 0.717) is 12.6 Å². The van der Waals surface area contributed by atoms with Crippen molar-refractivity contribution in [3.63, 3.8) is 0 Å². The Morgan fingerprint density at radius 2 is 2.12 bits per heavy atom. The topological polar surface area (TPSA) is 29.3 Å². The van der Waals surface area contributed by atoms with Crippen LogP contribution in [0.3, 0.4) is 0 Å². The third-order valence-electron chi connectivity index (χ3n) is 3.77. The van der Waals surface area contributed by atoms with Crippen molar-refractivity contribution in [1.29, 1.82) is 0 Å². The molecular formula is C14H21FN2. The Morgan fingerprint density at radius 1 is 1.41 bits per heavy atom. The highest BCUT2D eigenvalue weighted by atomic mass is 19.1. The molecule has 2 rings (SSSR count). The number of nitrogens with zero attached hydrogens (tertiary/aromatic N) is 1. The van der Waals surface area contributed by atoms with Crippen LogP contribution in [-0.2, 0) is 0 Å². The lowest BCUT2D eigenvalue weighted by molar-refractivity contribution is 0.180. The van der Waals surface area contributed by atoms with Gasteiger partial charge in [-0.3, -0.25) is 4.90 Å². The molecule has 0 amide bonds. The molecule has 1 heterocycles. The highest BCUT2D eigenvalue weighted by Gasteiger charge is 2.29. The first-order valence-corrected chi connectivity index (χ1v) is 6.47. The zero-order chi connectivity index (χ0) is 12.3. The molecule has 1 aromatic carbocycles. The predicted octanol–water partition coefficient (Wildman–Crippen LogP) is 2.70. The van der Waals surface area contributed by atoms with Crippen LogP contribution in [0.2, 0.25) is 0 Å². The van der Waals surface area contributed by atoms with Gasteiger partial charge < -0.3 is 5.73 Å². The molecule has 1 aliphatic heterocycles. The summed E-state index contributed by atoms with van der Waals surface area (Å²) in [5.41, 5.74) is 7.04. The van der Waals surface area contributed by atoms with Crippen LogP contribution in [-0.4, -0.2) is 24.0 Å². The second-order valence-electron chi connectivity index (χ2n) is 4.75. The quantitative estimate of drug-likeness (QED) is 0.871. The van der Waals surface area contributed by atoms with E-state index in [1.165, 1.54) is 25.0 Å². The third-order valence-corrected chi connectivity index (χ3v) is 3.77.